The fraction of sp³-hybridized carbons (Fsp3) is 0.176. The maximum absolute atomic E-state index is 12.7. The molecule has 4 aromatic rings. The van der Waals surface area contributed by atoms with Gasteiger partial charge >= 0.3 is 0 Å². The van der Waals surface area contributed by atoms with Crippen molar-refractivity contribution in [1.29, 1.82) is 0 Å². The van der Waals surface area contributed by atoms with Crippen LogP contribution in [0.5, 0.6) is 0 Å². The van der Waals surface area contributed by atoms with Gasteiger partial charge in [-0.25, -0.2) is 4.98 Å². The lowest BCUT2D eigenvalue weighted by Gasteiger charge is -2.10. The molecule has 0 radical (unpaired) electrons. The molecule has 0 spiro atoms. The lowest BCUT2D eigenvalue weighted by molar-refractivity contribution is 0.583. The van der Waals surface area contributed by atoms with E-state index in [0.29, 0.717) is 28.3 Å². The molecule has 1 unspecified atom stereocenters. The van der Waals surface area contributed by atoms with E-state index < -0.39 is 0 Å². The van der Waals surface area contributed by atoms with E-state index in [-0.39, 0.29) is 10.8 Å². The molecule has 1 atom stereocenters. The van der Waals surface area contributed by atoms with E-state index in [4.69, 9.17) is 4.42 Å². The summed E-state index contributed by atoms with van der Waals surface area (Å²) in [5.74, 6) is 1.27. The normalized spacial score (nSPS) is 12.5. The number of aromatic amines is 1. The Balaban J connectivity index is 1.68. The van der Waals surface area contributed by atoms with E-state index in [9.17, 15) is 4.79 Å². The number of fused-ring (bicyclic) bond motifs is 1. The summed E-state index contributed by atoms with van der Waals surface area (Å²) in [6.07, 6.45) is 5.03. The quantitative estimate of drug-likeness (QED) is 0.400. The molecule has 0 bridgehead atoms. The van der Waals surface area contributed by atoms with E-state index in [1.165, 1.54) is 23.1 Å². The first-order valence-corrected chi connectivity index (χ1v) is 9.64. The van der Waals surface area contributed by atoms with Crippen LogP contribution in [-0.4, -0.2) is 24.7 Å². The summed E-state index contributed by atoms with van der Waals surface area (Å²) in [7, 11) is 0. The second-order valence-corrected chi connectivity index (χ2v) is 7.74. The monoisotopic (exact) mass is 385 g/mol. The first-order valence-electron chi connectivity index (χ1n) is 7.88. The van der Waals surface area contributed by atoms with Crippen LogP contribution in [0, 0.1) is 0 Å². The van der Waals surface area contributed by atoms with Crippen LogP contribution < -0.4 is 5.56 Å². The Hall–Kier alpha value is -2.65. The first kappa shape index (κ1) is 16.8. The Labute approximate surface area is 156 Å². The number of nitrogens with zero attached hydrogens (tertiary/aromatic N) is 4. The van der Waals surface area contributed by atoms with Crippen molar-refractivity contribution in [2.24, 2.45) is 0 Å². The van der Waals surface area contributed by atoms with Crippen LogP contribution in [0.25, 0.3) is 21.5 Å². The van der Waals surface area contributed by atoms with E-state index in [0.717, 1.165) is 10.7 Å². The van der Waals surface area contributed by atoms with Gasteiger partial charge in [0, 0.05) is 17.5 Å². The van der Waals surface area contributed by atoms with E-state index >= 15 is 0 Å². The van der Waals surface area contributed by atoms with Crippen LogP contribution in [-0.2, 0) is 6.54 Å². The Morgan fingerprint density at radius 1 is 1.54 bits per heavy atom. The van der Waals surface area contributed by atoms with E-state index in [2.05, 4.69) is 26.7 Å². The standard InChI is InChI=1S/C17H15N5O2S2/c1-3-6-22-9-18-21-17(22)26-10(2)14-19-15(23)13-11(8-25-16(13)20-14)12-5-4-7-24-12/h3-5,7-10H,1,6H2,2H3,(H,19,20,23). The number of hydrogen-bond acceptors (Lipinski definition) is 7. The Morgan fingerprint density at radius 3 is 3.19 bits per heavy atom. The number of furan rings is 1. The summed E-state index contributed by atoms with van der Waals surface area (Å²) in [6.45, 7) is 6.33. The number of thiophene rings is 1. The van der Waals surface area contributed by atoms with Gasteiger partial charge in [0.25, 0.3) is 5.56 Å². The van der Waals surface area contributed by atoms with Gasteiger partial charge in [-0.3, -0.25) is 4.79 Å². The smallest absolute Gasteiger partial charge is 0.260 e. The zero-order valence-corrected chi connectivity index (χ0v) is 15.5. The van der Waals surface area contributed by atoms with Gasteiger partial charge in [-0.1, -0.05) is 17.8 Å². The van der Waals surface area contributed by atoms with Gasteiger partial charge in [0.15, 0.2) is 5.16 Å². The van der Waals surface area contributed by atoms with Crippen molar-refractivity contribution < 1.29 is 4.42 Å². The predicted octanol–water partition coefficient (Wildman–Crippen LogP) is 3.88. The van der Waals surface area contributed by atoms with Crippen molar-refractivity contribution in [1.82, 2.24) is 24.7 Å². The van der Waals surface area contributed by atoms with Crippen LogP contribution in [0.2, 0.25) is 0 Å². The highest BCUT2D eigenvalue weighted by molar-refractivity contribution is 7.99. The zero-order chi connectivity index (χ0) is 18.1. The number of H-pyrrole nitrogens is 1. The van der Waals surface area contributed by atoms with Crippen LogP contribution in [0.4, 0.5) is 0 Å². The van der Waals surface area contributed by atoms with Crippen molar-refractivity contribution in [2.75, 3.05) is 0 Å². The van der Waals surface area contributed by atoms with Gasteiger partial charge in [-0.2, -0.15) is 0 Å². The highest BCUT2D eigenvalue weighted by Crippen LogP contribution is 2.34. The maximum atomic E-state index is 12.7. The number of aromatic nitrogens is 5. The van der Waals surface area contributed by atoms with Gasteiger partial charge in [-0.15, -0.1) is 28.1 Å². The van der Waals surface area contributed by atoms with Gasteiger partial charge in [0.05, 0.1) is 16.9 Å². The second-order valence-electron chi connectivity index (χ2n) is 5.57. The number of allylic oxidation sites excluding steroid dienone is 1. The average Bonchev–Trinajstić information content (AvgIpc) is 3.35. The molecular weight excluding hydrogens is 370 g/mol. The molecule has 132 valence electrons. The molecule has 7 nitrogen and oxygen atoms in total. The van der Waals surface area contributed by atoms with Crippen molar-refractivity contribution in [3.63, 3.8) is 0 Å². The van der Waals surface area contributed by atoms with Gasteiger partial charge < -0.3 is 14.0 Å². The molecule has 4 aromatic heterocycles. The van der Waals surface area contributed by atoms with Crippen LogP contribution >= 0.6 is 23.1 Å². The molecule has 9 heteroatoms. The van der Waals surface area contributed by atoms with Crippen LogP contribution in [0.15, 0.2) is 57.1 Å². The van der Waals surface area contributed by atoms with Crippen LogP contribution in [0.3, 0.4) is 0 Å². The maximum Gasteiger partial charge on any atom is 0.260 e. The number of nitrogens with one attached hydrogen (secondary N) is 1. The molecule has 0 aliphatic heterocycles. The third-order valence-electron chi connectivity index (χ3n) is 3.82. The zero-order valence-electron chi connectivity index (χ0n) is 13.9. The Morgan fingerprint density at radius 2 is 2.42 bits per heavy atom. The third-order valence-corrected chi connectivity index (χ3v) is 5.80. The predicted molar refractivity (Wildman–Crippen MR) is 102 cm³/mol. The van der Waals surface area contributed by atoms with E-state index in [1.54, 1.807) is 24.7 Å². The molecule has 0 saturated carbocycles. The Bertz CT molecular complexity index is 1110. The Kier molecular flexibility index (Phi) is 4.48. The fourth-order valence-electron chi connectivity index (χ4n) is 2.59. The summed E-state index contributed by atoms with van der Waals surface area (Å²) < 4.78 is 7.31. The molecule has 1 N–H and O–H groups in total. The molecule has 26 heavy (non-hydrogen) atoms. The molecule has 4 rings (SSSR count). The summed E-state index contributed by atoms with van der Waals surface area (Å²) in [5, 5.41) is 11.2. The van der Waals surface area contributed by atoms with Gasteiger partial charge in [0.1, 0.15) is 22.7 Å². The molecule has 0 aliphatic rings. The number of thioether (sulfide) groups is 1. The van der Waals surface area contributed by atoms with Crippen molar-refractivity contribution in [2.45, 2.75) is 23.9 Å². The molecular formula is C17H15N5O2S2. The SMILES string of the molecule is C=CCn1cnnc1SC(C)c1nc2scc(-c3ccco3)c2c(=O)[nH]1. The molecule has 4 heterocycles. The van der Waals surface area contributed by atoms with Gasteiger partial charge in [0.2, 0.25) is 0 Å². The first-order chi connectivity index (χ1) is 12.7. The number of hydrogen-bond donors (Lipinski definition) is 1. The largest absolute Gasteiger partial charge is 0.464 e. The number of rotatable bonds is 6. The van der Waals surface area contributed by atoms with Gasteiger partial charge in [-0.05, 0) is 19.1 Å². The summed E-state index contributed by atoms with van der Waals surface area (Å²) >= 11 is 2.92. The molecule has 0 amide bonds. The summed E-state index contributed by atoms with van der Waals surface area (Å²) in [4.78, 5) is 20.9. The average molecular weight is 385 g/mol. The summed E-state index contributed by atoms with van der Waals surface area (Å²) in [5.41, 5.74) is 0.596. The lowest BCUT2D eigenvalue weighted by Crippen LogP contribution is -2.12. The molecule has 0 aromatic carbocycles. The summed E-state index contributed by atoms with van der Waals surface area (Å²) in [6, 6.07) is 3.63. The van der Waals surface area contributed by atoms with Crippen molar-refractivity contribution in [3.05, 3.63) is 58.9 Å². The lowest BCUT2D eigenvalue weighted by atomic mass is 10.2. The third kappa shape index (κ3) is 2.99. The fourth-order valence-corrected chi connectivity index (χ4v) is 4.41. The minimum atomic E-state index is -0.169. The highest BCUT2D eigenvalue weighted by atomic mass is 32.2. The second kappa shape index (κ2) is 6.93. The van der Waals surface area contributed by atoms with Crippen LogP contribution in [0.1, 0.15) is 18.0 Å². The minimum Gasteiger partial charge on any atom is -0.464 e. The molecule has 0 fully saturated rings. The molecule has 0 aliphatic carbocycles. The highest BCUT2D eigenvalue weighted by Gasteiger charge is 2.19. The van der Waals surface area contributed by atoms with Crippen molar-refractivity contribution in [3.8, 4) is 11.3 Å². The topological polar surface area (TPSA) is 89.6 Å². The van der Waals surface area contributed by atoms with Crippen molar-refractivity contribution >= 4 is 33.3 Å². The molecule has 0 saturated heterocycles. The van der Waals surface area contributed by atoms with E-state index in [1.807, 2.05) is 22.9 Å². The minimum absolute atomic E-state index is 0.0889.